The number of amides is 1. The molecule has 0 radical (unpaired) electrons. The standard InChI is InChI=1S/C25H25N3O2S/c1-3-4-13-30-22-11-9-19(10-12-22)14-21(16-26)24(29)28-25-27-17-23(31-25)15-20-7-5-18(2)6-8-20/h5-12,14,17H,3-4,13,15H2,1-2H3,(H,27,28,29)/b21-14+. The van der Waals surface area contributed by atoms with Gasteiger partial charge >= 0.3 is 0 Å². The summed E-state index contributed by atoms with van der Waals surface area (Å²) in [5.74, 6) is 0.305. The Bertz CT molecular complexity index is 1080. The third kappa shape index (κ3) is 6.80. The Labute approximate surface area is 187 Å². The summed E-state index contributed by atoms with van der Waals surface area (Å²) in [6.45, 7) is 4.85. The molecule has 0 unspecified atom stereocenters. The van der Waals surface area contributed by atoms with Crippen LogP contribution in [0.4, 0.5) is 5.13 Å². The molecule has 1 amide bonds. The summed E-state index contributed by atoms with van der Waals surface area (Å²) in [7, 11) is 0. The Morgan fingerprint density at radius 2 is 1.94 bits per heavy atom. The molecule has 1 aromatic heterocycles. The van der Waals surface area contributed by atoms with E-state index in [-0.39, 0.29) is 5.57 Å². The second kappa shape index (κ2) is 11.1. The largest absolute Gasteiger partial charge is 0.494 e. The molecule has 0 aliphatic rings. The van der Waals surface area contributed by atoms with Crippen LogP contribution in [-0.2, 0) is 11.2 Å². The van der Waals surface area contributed by atoms with E-state index in [1.54, 1.807) is 12.3 Å². The number of hydrogen-bond donors (Lipinski definition) is 1. The van der Waals surface area contributed by atoms with Crippen LogP contribution >= 0.6 is 11.3 Å². The monoisotopic (exact) mass is 431 g/mol. The van der Waals surface area contributed by atoms with Gasteiger partial charge in [-0.1, -0.05) is 55.3 Å². The molecule has 6 heteroatoms. The lowest BCUT2D eigenvalue weighted by Gasteiger charge is -2.05. The summed E-state index contributed by atoms with van der Waals surface area (Å²) in [5, 5.41) is 12.6. The molecule has 1 heterocycles. The van der Waals surface area contributed by atoms with Crippen LogP contribution < -0.4 is 10.1 Å². The maximum atomic E-state index is 12.5. The quantitative estimate of drug-likeness (QED) is 0.265. The van der Waals surface area contributed by atoms with Gasteiger partial charge in [-0.15, -0.1) is 11.3 Å². The molecule has 158 valence electrons. The van der Waals surface area contributed by atoms with Gasteiger partial charge in [0.15, 0.2) is 5.13 Å². The first-order valence-electron chi connectivity index (χ1n) is 10.2. The van der Waals surface area contributed by atoms with E-state index in [9.17, 15) is 10.1 Å². The molecule has 0 aliphatic heterocycles. The number of carbonyl (C=O) groups is 1. The first-order valence-corrected chi connectivity index (χ1v) is 11.1. The van der Waals surface area contributed by atoms with E-state index < -0.39 is 5.91 Å². The van der Waals surface area contributed by atoms with E-state index in [0.717, 1.165) is 35.5 Å². The number of anilines is 1. The number of thiazole rings is 1. The van der Waals surface area contributed by atoms with Crippen molar-refractivity contribution in [1.29, 1.82) is 5.26 Å². The minimum Gasteiger partial charge on any atom is -0.494 e. The van der Waals surface area contributed by atoms with Gasteiger partial charge in [0.05, 0.1) is 6.61 Å². The highest BCUT2D eigenvalue weighted by atomic mass is 32.1. The van der Waals surface area contributed by atoms with E-state index in [1.165, 1.54) is 22.5 Å². The SMILES string of the molecule is CCCCOc1ccc(/C=C(\C#N)C(=O)Nc2ncc(Cc3ccc(C)cc3)s2)cc1. The molecule has 0 aliphatic carbocycles. The molecule has 0 spiro atoms. The minimum atomic E-state index is -0.470. The highest BCUT2D eigenvalue weighted by Gasteiger charge is 2.12. The van der Waals surface area contributed by atoms with Gasteiger partial charge < -0.3 is 4.74 Å². The number of aryl methyl sites for hydroxylation is 1. The van der Waals surface area contributed by atoms with E-state index in [1.807, 2.05) is 30.3 Å². The fourth-order valence-corrected chi connectivity index (χ4v) is 3.67. The fraction of sp³-hybridized carbons (Fsp3) is 0.240. The summed E-state index contributed by atoms with van der Waals surface area (Å²) < 4.78 is 5.64. The van der Waals surface area contributed by atoms with Crippen LogP contribution in [0.3, 0.4) is 0 Å². The van der Waals surface area contributed by atoms with Crippen molar-refractivity contribution < 1.29 is 9.53 Å². The van der Waals surface area contributed by atoms with E-state index in [4.69, 9.17) is 4.74 Å². The van der Waals surface area contributed by atoms with Gasteiger partial charge in [-0.2, -0.15) is 5.26 Å². The first-order chi connectivity index (χ1) is 15.1. The van der Waals surface area contributed by atoms with Gasteiger partial charge in [0, 0.05) is 17.5 Å². The van der Waals surface area contributed by atoms with Crippen molar-refractivity contribution in [2.24, 2.45) is 0 Å². The van der Waals surface area contributed by atoms with Gasteiger partial charge in [-0.25, -0.2) is 4.98 Å². The highest BCUT2D eigenvalue weighted by molar-refractivity contribution is 7.15. The zero-order valence-electron chi connectivity index (χ0n) is 17.7. The highest BCUT2D eigenvalue weighted by Crippen LogP contribution is 2.22. The summed E-state index contributed by atoms with van der Waals surface area (Å²) in [4.78, 5) is 17.9. The summed E-state index contributed by atoms with van der Waals surface area (Å²) >= 11 is 1.41. The molecule has 3 aromatic rings. The lowest BCUT2D eigenvalue weighted by molar-refractivity contribution is -0.112. The van der Waals surface area contributed by atoms with Gasteiger partial charge in [0.25, 0.3) is 5.91 Å². The number of rotatable bonds is 9. The van der Waals surface area contributed by atoms with Crippen molar-refractivity contribution in [1.82, 2.24) is 4.98 Å². The molecule has 3 rings (SSSR count). The molecule has 0 saturated heterocycles. The van der Waals surface area contributed by atoms with Crippen LogP contribution in [0.1, 0.15) is 41.3 Å². The summed E-state index contributed by atoms with van der Waals surface area (Å²) in [6.07, 6.45) is 6.15. The van der Waals surface area contributed by atoms with Crippen LogP contribution in [0.15, 0.2) is 60.3 Å². The predicted molar refractivity (Wildman–Crippen MR) is 125 cm³/mol. The van der Waals surface area contributed by atoms with E-state index in [0.29, 0.717) is 11.7 Å². The molecule has 0 fully saturated rings. The first kappa shape index (κ1) is 22.3. The normalized spacial score (nSPS) is 11.1. The second-order valence-electron chi connectivity index (χ2n) is 7.19. The number of nitriles is 1. The molecule has 0 saturated carbocycles. The lowest BCUT2D eigenvalue weighted by atomic mass is 10.1. The fourth-order valence-electron chi connectivity index (χ4n) is 2.83. The number of benzene rings is 2. The maximum absolute atomic E-state index is 12.5. The van der Waals surface area contributed by atoms with E-state index >= 15 is 0 Å². The van der Waals surface area contributed by atoms with E-state index in [2.05, 4.69) is 48.4 Å². The molecular formula is C25H25N3O2S. The van der Waals surface area contributed by atoms with Gasteiger partial charge in [0.2, 0.25) is 0 Å². The molecule has 0 bridgehead atoms. The maximum Gasteiger partial charge on any atom is 0.268 e. The van der Waals surface area contributed by atoms with Crippen molar-refractivity contribution in [3.63, 3.8) is 0 Å². The lowest BCUT2D eigenvalue weighted by Crippen LogP contribution is -2.13. The topological polar surface area (TPSA) is 75.0 Å². The zero-order chi connectivity index (χ0) is 22.1. The summed E-state index contributed by atoms with van der Waals surface area (Å²) in [5.41, 5.74) is 3.19. The number of aromatic nitrogens is 1. The van der Waals surface area contributed by atoms with Crippen LogP contribution in [0.2, 0.25) is 0 Å². The molecular weight excluding hydrogens is 406 g/mol. The Balaban J connectivity index is 1.61. The summed E-state index contributed by atoms with van der Waals surface area (Å²) in [6, 6.07) is 17.6. The van der Waals surface area contributed by atoms with Crippen molar-refractivity contribution in [2.75, 3.05) is 11.9 Å². The van der Waals surface area contributed by atoms with Crippen LogP contribution in [0, 0.1) is 18.3 Å². The Kier molecular flexibility index (Phi) is 7.97. The number of carbonyl (C=O) groups excluding carboxylic acids is 1. The Morgan fingerprint density at radius 3 is 2.61 bits per heavy atom. The van der Waals surface area contributed by atoms with Crippen molar-refractivity contribution in [3.05, 3.63) is 81.9 Å². The smallest absolute Gasteiger partial charge is 0.268 e. The van der Waals surface area contributed by atoms with Crippen molar-refractivity contribution >= 4 is 28.5 Å². The number of ether oxygens (including phenoxy) is 1. The average Bonchev–Trinajstić information content (AvgIpc) is 3.21. The molecule has 31 heavy (non-hydrogen) atoms. The van der Waals surface area contributed by atoms with Crippen LogP contribution in [-0.4, -0.2) is 17.5 Å². The van der Waals surface area contributed by atoms with Gasteiger partial charge in [-0.3, -0.25) is 10.1 Å². The predicted octanol–water partition coefficient (Wildman–Crippen LogP) is 5.77. The molecule has 0 atom stereocenters. The zero-order valence-corrected chi connectivity index (χ0v) is 18.5. The number of nitrogens with one attached hydrogen (secondary N) is 1. The minimum absolute atomic E-state index is 0.0231. The number of nitrogens with zero attached hydrogens (tertiary/aromatic N) is 2. The Morgan fingerprint density at radius 1 is 1.19 bits per heavy atom. The van der Waals surface area contributed by atoms with Gasteiger partial charge in [0.1, 0.15) is 17.4 Å². The van der Waals surface area contributed by atoms with Crippen molar-refractivity contribution in [3.8, 4) is 11.8 Å². The third-order valence-corrected chi connectivity index (χ3v) is 5.51. The average molecular weight is 432 g/mol. The number of unbranched alkanes of at least 4 members (excludes halogenated alkanes) is 1. The Hall–Kier alpha value is -3.43. The third-order valence-electron chi connectivity index (χ3n) is 4.60. The second-order valence-corrected chi connectivity index (χ2v) is 8.30. The van der Waals surface area contributed by atoms with Crippen LogP contribution in [0.25, 0.3) is 6.08 Å². The molecule has 2 aromatic carbocycles. The molecule has 1 N–H and O–H groups in total. The number of hydrogen-bond acceptors (Lipinski definition) is 5. The van der Waals surface area contributed by atoms with Gasteiger partial charge in [-0.05, 0) is 42.7 Å². The van der Waals surface area contributed by atoms with Crippen LogP contribution in [0.5, 0.6) is 5.75 Å². The molecule has 5 nitrogen and oxygen atoms in total. The van der Waals surface area contributed by atoms with Crippen molar-refractivity contribution in [2.45, 2.75) is 33.1 Å².